The van der Waals surface area contributed by atoms with Gasteiger partial charge in [-0.3, -0.25) is 0 Å². The van der Waals surface area contributed by atoms with Crippen LogP contribution >= 0.6 is 15.9 Å². The molecule has 1 rings (SSSR count). The van der Waals surface area contributed by atoms with Crippen LogP contribution in [-0.2, 0) is 16.0 Å². The van der Waals surface area contributed by atoms with Gasteiger partial charge in [0, 0.05) is 25.2 Å². The van der Waals surface area contributed by atoms with Crippen molar-refractivity contribution in [3.8, 4) is 0 Å². The first-order valence-corrected chi connectivity index (χ1v) is 6.00. The van der Waals surface area contributed by atoms with E-state index >= 15 is 0 Å². The first-order valence-electron chi connectivity index (χ1n) is 5.20. The maximum atomic E-state index is 5.18. The third-order valence-corrected chi connectivity index (χ3v) is 2.94. The lowest BCUT2D eigenvalue weighted by molar-refractivity contribution is -0.119. The minimum atomic E-state index is -0.213. The number of hydrogen-bond donors (Lipinski definition) is 1. The third-order valence-electron chi connectivity index (χ3n) is 2.41. The molecule has 0 saturated heterocycles. The summed E-state index contributed by atoms with van der Waals surface area (Å²) in [6.45, 7) is 2.84. The second-order valence-corrected chi connectivity index (χ2v) is 4.55. The quantitative estimate of drug-likeness (QED) is 0.816. The van der Waals surface area contributed by atoms with Gasteiger partial charge >= 0.3 is 0 Å². The van der Waals surface area contributed by atoms with E-state index in [0.717, 1.165) is 11.0 Å². The largest absolute Gasteiger partial charge is 0.354 e. The zero-order chi connectivity index (χ0) is 12.0. The van der Waals surface area contributed by atoms with Crippen molar-refractivity contribution < 1.29 is 9.47 Å². The van der Waals surface area contributed by atoms with Gasteiger partial charge in [0.25, 0.3) is 0 Å². The Labute approximate surface area is 105 Å². The van der Waals surface area contributed by atoms with Gasteiger partial charge in [0.15, 0.2) is 6.29 Å². The normalized spacial score (nSPS) is 13.1. The summed E-state index contributed by atoms with van der Waals surface area (Å²) in [6, 6.07) is 8.38. The summed E-state index contributed by atoms with van der Waals surface area (Å²) in [4.78, 5) is 0. The topological polar surface area (TPSA) is 30.5 Å². The molecule has 0 fully saturated rings. The highest BCUT2D eigenvalue weighted by atomic mass is 79.9. The number of methoxy groups -OCH3 is 2. The van der Waals surface area contributed by atoms with E-state index in [9.17, 15) is 0 Å². The molecule has 0 aromatic heterocycles. The van der Waals surface area contributed by atoms with E-state index in [1.807, 2.05) is 19.1 Å². The van der Waals surface area contributed by atoms with Crippen molar-refractivity contribution in [2.24, 2.45) is 0 Å². The Morgan fingerprint density at radius 3 is 2.25 bits per heavy atom. The third kappa shape index (κ3) is 4.22. The van der Waals surface area contributed by atoms with Crippen molar-refractivity contribution in [2.75, 3.05) is 14.2 Å². The summed E-state index contributed by atoms with van der Waals surface area (Å²) in [5.41, 5.74) is 1.24. The first-order chi connectivity index (χ1) is 7.67. The summed E-state index contributed by atoms with van der Waals surface area (Å²) >= 11 is 3.41. The zero-order valence-corrected chi connectivity index (χ0v) is 11.5. The molecule has 3 nitrogen and oxygen atoms in total. The number of rotatable bonds is 6. The lowest BCUT2D eigenvalue weighted by atomic mass is 10.2. The van der Waals surface area contributed by atoms with Gasteiger partial charge < -0.3 is 14.8 Å². The number of ether oxygens (including phenoxy) is 2. The van der Waals surface area contributed by atoms with Crippen molar-refractivity contribution in [2.45, 2.75) is 25.8 Å². The average molecular weight is 288 g/mol. The molecule has 0 spiro atoms. The van der Waals surface area contributed by atoms with E-state index in [-0.39, 0.29) is 12.3 Å². The highest BCUT2D eigenvalue weighted by Gasteiger charge is 2.14. The number of nitrogens with one attached hydrogen (secondary N) is 1. The molecule has 0 radical (unpaired) electrons. The minimum Gasteiger partial charge on any atom is -0.354 e. The van der Waals surface area contributed by atoms with E-state index in [0.29, 0.717) is 0 Å². The van der Waals surface area contributed by atoms with Gasteiger partial charge in [-0.25, -0.2) is 0 Å². The van der Waals surface area contributed by atoms with Crippen LogP contribution in [0.3, 0.4) is 0 Å². The van der Waals surface area contributed by atoms with Crippen LogP contribution in [0.1, 0.15) is 12.5 Å². The molecule has 0 heterocycles. The fourth-order valence-corrected chi connectivity index (χ4v) is 1.75. The molecule has 1 aromatic carbocycles. The Hall–Kier alpha value is -0.420. The lowest BCUT2D eigenvalue weighted by Gasteiger charge is -2.22. The van der Waals surface area contributed by atoms with Gasteiger partial charge in [-0.1, -0.05) is 28.1 Å². The fraction of sp³-hybridized carbons (Fsp3) is 0.500. The maximum Gasteiger partial charge on any atom is 0.171 e. The van der Waals surface area contributed by atoms with E-state index in [1.54, 1.807) is 14.2 Å². The van der Waals surface area contributed by atoms with Crippen molar-refractivity contribution >= 4 is 15.9 Å². The van der Waals surface area contributed by atoms with Gasteiger partial charge in [-0.05, 0) is 24.6 Å². The molecule has 0 bridgehead atoms. The van der Waals surface area contributed by atoms with Gasteiger partial charge in [0.1, 0.15) is 0 Å². The summed E-state index contributed by atoms with van der Waals surface area (Å²) in [7, 11) is 3.29. The molecule has 1 unspecified atom stereocenters. The molecule has 0 amide bonds. The van der Waals surface area contributed by atoms with Crippen LogP contribution in [0, 0.1) is 0 Å². The molecule has 16 heavy (non-hydrogen) atoms. The zero-order valence-electron chi connectivity index (χ0n) is 9.87. The summed E-state index contributed by atoms with van der Waals surface area (Å²) in [5, 5.41) is 3.35. The second-order valence-electron chi connectivity index (χ2n) is 3.64. The molecule has 1 aromatic rings. The van der Waals surface area contributed by atoms with Crippen LogP contribution in [0.15, 0.2) is 28.7 Å². The number of halogens is 1. The minimum absolute atomic E-state index is 0.152. The summed E-state index contributed by atoms with van der Waals surface area (Å²) < 4.78 is 11.4. The molecule has 0 saturated carbocycles. The molecule has 4 heteroatoms. The average Bonchev–Trinajstić information content (AvgIpc) is 2.30. The molecular formula is C12H18BrNO2. The standard InChI is InChI=1S/C12H18BrNO2/c1-9(12(15-2)16-3)14-8-10-4-6-11(13)7-5-10/h4-7,9,12,14H,8H2,1-3H3. The van der Waals surface area contributed by atoms with E-state index in [1.165, 1.54) is 5.56 Å². The Kier molecular flexibility index (Phi) is 5.98. The van der Waals surface area contributed by atoms with Gasteiger partial charge in [0.2, 0.25) is 0 Å². The fourth-order valence-electron chi connectivity index (χ4n) is 1.48. The van der Waals surface area contributed by atoms with E-state index in [2.05, 4.69) is 33.4 Å². The van der Waals surface area contributed by atoms with Crippen LogP contribution in [0.5, 0.6) is 0 Å². The van der Waals surface area contributed by atoms with Crippen LogP contribution in [0.25, 0.3) is 0 Å². The van der Waals surface area contributed by atoms with Gasteiger partial charge in [-0.15, -0.1) is 0 Å². The highest BCUT2D eigenvalue weighted by molar-refractivity contribution is 9.10. The predicted octanol–water partition coefficient (Wildman–Crippen LogP) is 2.55. The molecule has 0 aliphatic rings. The lowest BCUT2D eigenvalue weighted by Crippen LogP contribution is -2.39. The summed E-state index contributed by atoms with van der Waals surface area (Å²) in [6.07, 6.45) is -0.213. The summed E-state index contributed by atoms with van der Waals surface area (Å²) in [5.74, 6) is 0. The van der Waals surface area contributed by atoms with Crippen molar-refractivity contribution in [3.05, 3.63) is 34.3 Å². The van der Waals surface area contributed by atoms with Crippen LogP contribution in [0.4, 0.5) is 0 Å². The van der Waals surface area contributed by atoms with Gasteiger partial charge in [0.05, 0.1) is 6.04 Å². The monoisotopic (exact) mass is 287 g/mol. The second kappa shape index (κ2) is 7.01. The van der Waals surface area contributed by atoms with Crippen LogP contribution in [0.2, 0.25) is 0 Å². The Bertz CT molecular complexity index is 298. The highest BCUT2D eigenvalue weighted by Crippen LogP contribution is 2.10. The SMILES string of the molecule is COC(OC)C(C)NCc1ccc(Br)cc1. The molecule has 90 valence electrons. The van der Waals surface area contributed by atoms with Crippen molar-refractivity contribution in [3.63, 3.8) is 0 Å². The molecule has 1 atom stereocenters. The predicted molar refractivity (Wildman–Crippen MR) is 68.2 cm³/mol. The Balaban J connectivity index is 2.42. The Morgan fingerprint density at radius 2 is 1.75 bits per heavy atom. The van der Waals surface area contributed by atoms with Crippen LogP contribution < -0.4 is 5.32 Å². The van der Waals surface area contributed by atoms with Crippen molar-refractivity contribution in [1.29, 1.82) is 0 Å². The smallest absolute Gasteiger partial charge is 0.171 e. The first kappa shape index (κ1) is 13.6. The molecule has 0 aliphatic heterocycles. The maximum absolute atomic E-state index is 5.18. The number of benzene rings is 1. The van der Waals surface area contributed by atoms with Crippen molar-refractivity contribution in [1.82, 2.24) is 5.32 Å². The molecular weight excluding hydrogens is 270 g/mol. The van der Waals surface area contributed by atoms with E-state index in [4.69, 9.17) is 9.47 Å². The number of hydrogen-bond acceptors (Lipinski definition) is 3. The van der Waals surface area contributed by atoms with Gasteiger partial charge in [-0.2, -0.15) is 0 Å². The Morgan fingerprint density at radius 1 is 1.19 bits per heavy atom. The van der Waals surface area contributed by atoms with Crippen LogP contribution in [-0.4, -0.2) is 26.6 Å². The molecule has 0 aliphatic carbocycles. The van der Waals surface area contributed by atoms with E-state index < -0.39 is 0 Å². The molecule has 1 N–H and O–H groups in total.